The van der Waals surface area contributed by atoms with E-state index in [4.69, 9.17) is 18.9 Å². The Morgan fingerprint density at radius 3 is 1.50 bits per heavy atom. The highest BCUT2D eigenvalue weighted by molar-refractivity contribution is 5.69. The van der Waals surface area contributed by atoms with Gasteiger partial charge in [-0.2, -0.15) is 0 Å². The Balaban J connectivity index is 1.32. The van der Waals surface area contributed by atoms with Gasteiger partial charge in [-0.25, -0.2) is 0 Å². The molecule has 0 saturated carbocycles. The molecule has 2 atom stereocenters. The van der Waals surface area contributed by atoms with E-state index >= 15 is 0 Å². The van der Waals surface area contributed by atoms with Crippen molar-refractivity contribution in [2.24, 2.45) is 0 Å². The minimum atomic E-state index is -0.116. The van der Waals surface area contributed by atoms with Crippen molar-refractivity contribution >= 4 is 11.9 Å². The molecule has 0 N–H and O–H groups in total. The molecule has 0 spiro atoms. The molecule has 2 aliphatic heterocycles. The Morgan fingerprint density at radius 1 is 0.692 bits per heavy atom. The quantitative estimate of drug-likeness (QED) is 0.365. The van der Waals surface area contributed by atoms with Crippen LogP contribution in [0.1, 0.15) is 77.0 Å². The number of rotatable bonds is 13. The van der Waals surface area contributed by atoms with Gasteiger partial charge < -0.3 is 18.9 Å². The monoisotopic (exact) mass is 370 g/mol. The molecule has 0 aliphatic carbocycles. The Hall–Kier alpha value is -1.14. The summed E-state index contributed by atoms with van der Waals surface area (Å²) in [4.78, 5) is 23.3. The standard InChI is InChI=1S/C20H34O6/c21-19(25-15-17-9-7-13-23-17)11-5-3-1-2-4-6-12-20(22)26-16-18-10-8-14-24-18/h17-18H,1-16H2/t17-,18+. The molecule has 0 amide bonds. The minimum absolute atomic E-state index is 0.108. The summed E-state index contributed by atoms with van der Waals surface area (Å²) in [6.07, 6.45) is 11.3. The maximum atomic E-state index is 11.6. The SMILES string of the molecule is O=C(CCCCCCCCC(=O)OC[C@@H]1CCCO1)OC[C@H]1CCCO1. The van der Waals surface area contributed by atoms with E-state index in [0.717, 1.165) is 77.4 Å². The molecule has 2 saturated heterocycles. The topological polar surface area (TPSA) is 71.1 Å². The van der Waals surface area contributed by atoms with Crippen molar-refractivity contribution < 1.29 is 28.5 Å². The van der Waals surface area contributed by atoms with Crippen LogP contribution in [0.4, 0.5) is 0 Å². The summed E-state index contributed by atoms with van der Waals surface area (Å²) in [6, 6.07) is 0. The number of carbonyl (C=O) groups excluding carboxylic acids is 2. The molecule has 0 unspecified atom stereocenters. The highest BCUT2D eigenvalue weighted by Crippen LogP contribution is 2.14. The molecule has 2 heterocycles. The zero-order chi connectivity index (χ0) is 18.5. The molecule has 6 heteroatoms. The van der Waals surface area contributed by atoms with Gasteiger partial charge in [0.25, 0.3) is 0 Å². The Bertz CT molecular complexity index is 361. The van der Waals surface area contributed by atoms with E-state index in [1.54, 1.807) is 0 Å². The van der Waals surface area contributed by atoms with Gasteiger partial charge in [0.1, 0.15) is 13.2 Å². The number of esters is 2. The number of hydrogen-bond donors (Lipinski definition) is 0. The fraction of sp³-hybridized carbons (Fsp3) is 0.900. The first-order chi connectivity index (χ1) is 12.7. The maximum Gasteiger partial charge on any atom is 0.305 e. The van der Waals surface area contributed by atoms with Gasteiger partial charge in [0.05, 0.1) is 12.2 Å². The number of carbonyl (C=O) groups is 2. The van der Waals surface area contributed by atoms with Crippen molar-refractivity contribution in [2.45, 2.75) is 89.3 Å². The molecule has 150 valence electrons. The summed E-state index contributed by atoms with van der Waals surface area (Å²) >= 11 is 0. The lowest BCUT2D eigenvalue weighted by atomic mass is 10.1. The van der Waals surface area contributed by atoms with E-state index in [0.29, 0.717) is 26.1 Å². The third-order valence-electron chi connectivity index (χ3n) is 4.92. The van der Waals surface area contributed by atoms with Crippen molar-refractivity contribution in [2.75, 3.05) is 26.4 Å². The lowest BCUT2D eigenvalue weighted by molar-refractivity contribution is -0.147. The predicted octanol–water partition coefficient (Wildman–Crippen LogP) is 3.55. The number of ether oxygens (including phenoxy) is 4. The van der Waals surface area contributed by atoms with E-state index in [1.807, 2.05) is 0 Å². The smallest absolute Gasteiger partial charge is 0.305 e. The Kier molecular flexibility index (Phi) is 10.7. The van der Waals surface area contributed by atoms with Crippen LogP contribution in [-0.2, 0) is 28.5 Å². The lowest BCUT2D eigenvalue weighted by Crippen LogP contribution is -2.17. The van der Waals surface area contributed by atoms with Crippen LogP contribution in [0.15, 0.2) is 0 Å². The van der Waals surface area contributed by atoms with Crippen LogP contribution < -0.4 is 0 Å². The van der Waals surface area contributed by atoms with Gasteiger partial charge in [-0.3, -0.25) is 9.59 Å². The Morgan fingerprint density at radius 2 is 1.12 bits per heavy atom. The van der Waals surface area contributed by atoms with E-state index < -0.39 is 0 Å². The van der Waals surface area contributed by atoms with Gasteiger partial charge >= 0.3 is 11.9 Å². The summed E-state index contributed by atoms with van der Waals surface area (Å²) in [6.45, 7) is 2.38. The van der Waals surface area contributed by atoms with E-state index in [9.17, 15) is 9.59 Å². The second-order valence-corrected chi connectivity index (χ2v) is 7.26. The van der Waals surface area contributed by atoms with Crippen LogP contribution in [0, 0.1) is 0 Å². The fourth-order valence-corrected chi connectivity index (χ4v) is 3.31. The third kappa shape index (κ3) is 9.53. The van der Waals surface area contributed by atoms with Crippen molar-refractivity contribution in [1.82, 2.24) is 0 Å². The molecule has 0 aromatic rings. The van der Waals surface area contributed by atoms with Crippen LogP contribution >= 0.6 is 0 Å². The normalized spacial score (nSPS) is 22.5. The molecule has 6 nitrogen and oxygen atoms in total. The van der Waals surface area contributed by atoms with Crippen molar-refractivity contribution in [1.29, 1.82) is 0 Å². The second-order valence-electron chi connectivity index (χ2n) is 7.26. The third-order valence-corrected chi connectivity index (χ3v) is 4.92. The van der Waals surface area contributed by atoms with E-state index in [1.165, 1.54) is 0 Å². The lowest BCUT2D eigenvalue weighted by Gasteiger charge is -2.10. The van der Waals surface area contributed by atoms with Crippen molar-refractivity contribution in [3.05, 3.63) is 0 Å². The molecule has 26 heavy (non-hydrogen) atoms. The van der Waals surface area contributed by atoms with Crippen LogP contribution in [0.3, 0.4) is 0 Å². The Labute approximate surface area is 156 Å². The molecule has 2 fully saturated rings. The first kappa shape index (κ1) is 21.2. The maximum absolute atomic E-state index is 11.6. The molecule has 2 aliphatic rings. The highest BCUT2D eigenvalue weighted by Gasteiger charge is 2.18. The van der Waals surface area contributed by atoms with Gasteiger partial charge in [-0.05, 0) is 38.5 Å². The number of hydrogen-bond acceptors (Lipinski definition) is 6. The van der Waals surface area contributed by atoms with Crippen LogP contribution in [0.25, 0.3) is 0 Å². The predicted molar refractivity (Wildman–Crippen MR) is 96.8 cm³/mol. The van der Waals surface area contributed by atoms with Crippen molar-refractivity contribution in [3.8, 4) is 0 Å². The molecule has 0 bridgehead atoms. The zero-order valence-corrected chi connectivity index (χ0v) is 15.9. The number of unbranched alkanes of at least 4 members (excludes halogenated alkanes) is 5. The zero-order valence-electron chi connectivity index (χ0n) is 15.9. The molecule has 0 radical (unpaired) electrons. The summed E-state index contributed by atoms with van der Waals surface area (Å²) in [5.41, 5.74) is 0. The summed E-state index contributed by atoms with van der Waals surface area (Å²) in [5, 5.41) is 0. The molecule has 0 aromatic carbocycles. The second kappa shape index (κ2) is 13.1. The fourth-order valence-electron chi connectivity index (χ4n) is 3.31. The molecular weight excluding hydrogens is 336 g/mol. The van der Waals surface area contributed by atoms with Crippen LogP contribution in [-0.4, -0.2) is 50.6 Å². The van der Waals surface area contributed by atoms with Gasteiger partial charge in [-0.15, -0.1) is 0 Å². The average Bonchev–Trinajstić information content (AvgIpc) is 3.34. The van der Waals surface area contributed by atoms with E-state index in [-0.39, 0.29) is 24.1 Å². The van der Waals surface area contributed by atoms with Crippen LogP contribution in [0.5, 0.6) is 0 Å². The largest absolute Gasteiger partial charge is 0.463 e. The first-order valence-corrected chi connectivity index (χ1v) is 10.3. The molecule has 0 aromatic heterocycles. The molecular formula is C20H34O6. The van der Waals surface area contributed by atoms with E-state index in [2.05, 4.69) is 0 Å². The van der Waals surface area contributed by atoms with Gasteiger partial charge in [0.15, 0.2) is 0 Å². The van der Waals surface area contributed by atoms with Gasteiger partial charge in [-0.1, -0.05) is 25.7 Å². The van der Waals surface area contributed by atoms with Gasteiger partial charge in [0.2, 0.25) is 0 Å². The highest BCUT2D eigenvalue weighted by atomic mass is 16.6. The first-order valence-electron chi connectivity index (χ1n) is 10.3. The summed E-state index contributed by atoms with van der Waals surface area (Å²) in [7, 11) is 0. The average molecular weight is 370 g/mol. The van der Waals surface area contributed by atoms with Crippen LogP contribution in [0.2, 0.25) is 0 Å². The van der Waals surface area contributed by atoms with Crippen molar-refractivity contribution in [3.63, 3.8) is 0 Å². The minimum Gasteiger partial charge on any atom is -0.463 e. The molecule has 2 rings (SSSR count). The summed E-state index contributed by atoms with van der Waals surface area (Å²) in [5.74, 6) is -0.232. The summed E-state index contributed by atoms with van der Waals surface area (Å²) < 4.78 is 21.3. The van der Waals surface area contributed by atoms with Gasteiger partial charge in [0, 0.05) is 26.1 Å².